The van der Waals surface area contributed by atoms with Gasteiger partial charge in [-0.05, 0) is 39.2 Å². The Bertz CT molecular complexity index is 349. The lowest BCUT2D eigenvalue weighted by Crippen LogP contribution is -2.39. The quantitative estimate of drug-likeness (QED) is 0.846. The van der Waals surface area contributed by atoms with Crippen molar-refractivity contribution in [3.8, 4) is 0 Å². The van der Waals surface area contributed by atoms with Crippen molar-refractivity contribution in [2.75, 3.05) is 6.54 Å². The molecule has 0 aliphatic rings. The fourth-order valence-electron chi connectivity index (χ4n) is 1.81. The molecule has 0 saturated carbocycles. The third-order valence-electron chi connectivity index (χ3n) is 2.75. The fourth-order valence-corrected chi connectivity index (χ4v) is 1.81. The van der Waals surface area contributed by atoms with Crippen LogP contribution < -0.4 is 5.32 Å². The number of hydrogen-bond donors (Lipinski definition) is 1. The summed E-state index contributed by atoms with van der Waals surface area (Å²) in [5.41, 5.74) is 0.180. The number of nitrogens with zero attached hydrogens (tertiary/aromatic N) is 3. The molecular formula is C14H28N4. The molecule has 0 aromatic carbocycles. The molecule has 0 aliphatic heterocycles. The van der Waals surface area contributed by atoms with Gasteiger partial charge >= 0.3 is 0 Å². The van der Waals surface area contributed by atoms with Crippen molar-refractivity contribution in [2.45, 2.75) is 60.0 Å². The van der Waals surface area contributed by atoms with Crippen molar-refractivity contribution in [3.63, 3.8) is 0 Å². The molecule has 0 radical (unpaired) electrons. The molecule has 1 atom stereocenters. The molecule has 0 aliphatic carbocycles. The normalized spacial score (nSPS) is 14.2. The third-order valence-corrected chi connectivity index (χ3v) is 2.75. The Hall–Kier alpha value is -0.900. The summed E-state index contributed by atoms with van der Waals surface area (Å²) in [6, 6.07) is 0. The van der Waals surface area contributed by atoms with Crippen LogP contribution >= 0.6 is 0 Å². The highest BCUT2D eigenvalue weighted by molar-refractivity contribution is 4.88. The van der Waals surface area contributed by atoms with E-state index in [2.05, 4.69) is 56.9 Å². The lowest BCUT2D eigenvalue weighted by atomic mass is 10.0. The van der Waals surface area contributed by atoms with Gasteiger partial charge in [0.05, 0.1) is 0 Å². The minimum atomic E-state index is 0.180. The molecule has 4 heteroatoms. The second kappa shape index (κ2) is 6.32. The molecule has 1 N–H and O–H groups in total. The number of hydrogen-bond acceptors (Lipinski definition) is 3. The van der Waals surface area contributed by atoms with Gasteiger partial charge in [0.25, 0.3) is 0 Å². The minimum absolute atomic E-state index is 0.180. The number of aromatic nitrogens is 3. The minimum Gasteiger partial charge on any atom is -0.312 e. The van der Waals surface area contributed by atoms with Gasteiger partial charge in [-0.25, -0.2) is 9.67 Å². The summed E-state index contributed by atoms with van der Waals surface area (Å²) in [7, 11) is 0. The SMILES string of the molecule is CC(C)Cn1ncnc1CC(C)CNC(C)(C)C. The van der Waals surface area contributed by atoms with Gasteiger partial charge in [-0.1, -0.05) is 20.8 Å². The Morgan fingerprint density at radius 2 is 1.94 bits per heavy atom. The first-order chi connectivity index (χ1) is 8.28. The molecule has 0 spiro atoms. The van der Waals surface area contributed by atoms with Gasteiger partial charge in [0, 0.05) is 18.5 Å². The van der Waals surface area contributed by atoms with E-state index in [1.54, 1.807) is 6.33 Å². The lowest BCUT2D eigenvalue weighted by molar-refractivity contribution is 0.372. The first kappa shape index (κ1) is 15.2. The standard InChI is InChI=1S/C14H28N4/c1-11(2)9-18-13(15-10-17-18)7-12(3)8-16-14(4,5)6/h10-12,16H,7-9H2,1-6H3. The second-order valence-electron chi connectivity index (χ2n) is 6.69. The average Bonchev–Trinajstić information content (AvgIpc) is 2.61. The largest absolute Gasteiger partial charge is 0.312 e. The van der Waals surface area contributed by atoms with Gasteiger partial charge in [0.15, 0.2) is 0 Å². The van der Waals surface area contributed by atoms with E-state index < -0.39 is 0 Å². The summed E-state index contributed by atoms with van der Waals surface area (Å²) < 4.78 is 2.04. The highest BCUT2D eigenvalue weighted by Crippen LogP contribution is 2.09. The smallest absolute Gasteiger partial charge is 0.138 e. The molecule has 1 rings (SSSR count). The molecule has 104 valence electrons. The van der Waals surface area contributed by atoms with E-state index in [4.69, 9.17) is 0 Å². The van der Waals surface area contributed by atoms with Crippen LogP contribution in [0.2, 0.25) is 0 Å². The second-order valence-corrected chi connectivity index (χ2v) is 6.69. The Kier molecular flexibility index (Phi) is 5.32. The molecule has 0 amide bonds. The van der Waals surface area contributed by atoms with Crippen molar-refractivity contribution in [3.05, 3.63) is 12.2 Å². The summed E-state index contributed by atoms with van der Waals surface area (Å²) in [6.45, 7) is 15.2. The van der Waals surface area contributed by atoms with E-state index in [-0.39, 0.29) is 5.54 Å². The van der Waals surface area contributed by atoms with E-state index in [1.807, 2.05) is 4.68 Å². The summed E-state index contributed by atoms with van der Waals surface area (Å²) >= 11 is 0. The van der Waals surface area contributed by atoms with Gasteiger partial charge in [0.2, 0.25) is 0 Å². The topological polar surface area (TPSA) is 42.7 Å². The molecule has 1 unspecified atom stereocenters. The Labute approximate surface area is 111 Å². The molecule has 0 fully saturated rings. The first-order valence-electron chi connectivity index (χ1n) is 6.89. The van der Waals surface area contributed by atoms with Crippen molar-refractivity contribution >= 4 is 0 Å². The fraction of sp³-hybridized carbons (Fsp3) is 0.857. The van der Waals surface area contributed by atoms with Crippen LogP contribution in [-0.4, -0.2) is 26.8 Å². The van der Waals surface area contributed by atoms with E-state index >= 15 is 0 Å². The summed E-state index contributed by atoms with van der Waals surface area (Å²) in [4.78, 5) is 4.38. The molecule has 1 heterocycles. The van der Waals surface area contributed by atoms with E-state index in [0.717, 1.165) is 25.3 Å². The van der Waals surface area contributed by atoms with Crippen molar-refractivity contribution in [1.29, 1.82) is 0 Å². The maximum Gasteiger partial charge on any atom is 0.138 e. The van der Waals surface area contributed by atoms with E-state index in [1.165, 1.54) is 0 Å². The van der Waals surface area contributed by atoms with Crippen LogP contribution in [0.15, 0.2) is 6.33 Å². The predicted molar refractivity (Wildman–Crippen MR) is 75.5 cm³/mol. The number of rotatable bonds is 6. The van der Waals surface area contributed by atoms with Crippen molar-refractivity contribution in [2.24, 2.45) is 11.8 Å². The molecule has 1 aromatic rings. The predicted octanol–water partition coefficient (Wildman–Crippen LogP) is 2.50. The van der Waals surface area contributed by atoms with Gasteiger partial charge in [-0.2, -0.15) is 5.10 Å². The van der Waals surface area contributed by atoms with Crippen LogP contribution in [0.1, 0.15) is 47.4 Å². The molecule has 0 saturated heterocycles. The Balaban J connectivity index is 2.49. The van der Waals surface area contributed by atoms with Crippen LogP contribution in [-0.2, 0) is 13.0 Å². The third kappa shape index (κ3) is 5.63. The van der Waals surface area contributed by atoms with Crippen LogP contribution in [0, 0.1) is 11.8 Å². The molecule has 0 bridgehead atoms. The van der Waals surface area contributed by atoms with Gasteiger partial charge in [0.1, 0.15) is 12.2 Å². The van der Waals surface area contributed by atoms with Crippen molar-refractivity contribution < 1.29 is 0 Å². The molecule has 18 heavy (non-hydrogen) atoms. The zero-order valence-corrected chi connectivity index (χ0v) is 12.7. The summed E-state index contributed by atoms with van der Waals surface area (Å²) in [5.74, 6) is 2.28. The van der Waals surface area contributed by atoms with Gasteiger partial charge in [-0.15, -0.1) is 0 Å². The van der Waals surface area contributed by atoms with Crippen LogP contribution in [0.3, 0.4) is 0 Å². The van der Waals surface area contributed by atoms with Gasteiger partial charge in [-0.3, -0.25) is 0 Å². The van der Waals surface area contributed by atoms with E-state index in [0.29, 0.717) is 11.8 Å². The molecular weight excluding hydrogens is 224 g/mol. The molecule has 1 aromatic heterocycles. The van der Waals surface area contributed by atoms with Crippen LogP contribution in [0.4, 0.5) is 0 Å². The Morgan fingerprint density at radius 3 is 2.50 bits per heavy atom. The Morgan fingerprint density at radius 1 is 1.28 bits per heavy atom. The average molecular weight is 252 g/mol. The van der Waals surface area contributed by atoms with Crippen LogP contribution in [0.25, 0.3) is 0 Å². The maximum atomic E-state index is 4.38. The lowest BCUT2D eigenvalue weighted by Gasteiger charge is -2.23. The highest BCUT2D eigenvalue weighted by Gasteiger charge is 2.14. The monoisotopic (exact) mass is 252 g/mol. The molecule has 4 nitrogen and oxygen atoms in total. The maximum absolute atomic E-state index is 4.38. The van der Waals surface area contributed by atoms with Crippen LogP contribution in [0.5, 0.6) is 0 Å². The zero-order chi connectivity index (χ0) is 13.8. The summed E-state index contributed by atoms with van der Waals surface area (Å²) in [5, 5.41) is 7.84. The van der Waals surface area contributed by atoms with Crippen molar-refractivity contribution in [1.82, 2.24) is 20.1 Å². The van der Waals surface area contributed by atoms with Gasteiger partial charge < -0.3 is 5.32 Å². The first-order valence-corrected chi connectivity index (χ1v) is 6.89. The summed E-state index contributed by atoms with van der Waals surface area (Å²) in [6.07, 6.45) is 2.65. The highest BCUT2D eigenvalue weighted by atomic mass is 15.3. The number of nitrogens with one attached hydrogen (secondary N) is 1. The van der Waals surface area contributed by atoms with E-state index in [9.17, 15) is 0 Å². The zero-order valence-electron chi connectivity index (χ0n) is 12.7.